The zero-order valence-electron chi connectivity index (χ0n) is 9.29. The fourth-order valence-electron chi connectivity index (χ4n) is 1.57. The highest BCUT2D eigenvalue weighted by Crippen LogP contribution is 2.23. The number of aryl methyl sites for hydroxylation is 1. The van der Waals surface area contributed by atoms with Crippen LogP contribution in [0.1, 0.15) is 5.56 Å². The largest absolute Gasteiger partial charge is 0.387 e. The van der Waals surface area contributed by atoms with Gasteiger partial charge in [0.1, 0.15) is 5.82 Å². The van der Waals surface area contributed by atoms with Gasteiger partial charge in [-0.2, -0.15) is 0 Å². The van der Waals surface area contributed by atoms with Crippen molar-refractivity contribution in [3.05, 3.63) is 47.9 Å². The molecule has 3 heteroatoms. The number of benzene rings is 1. The lowest BCUT2D eigenvalue weighted by molar-refractivity contribution is 0.628. The highest BCUT2D eigenvalue weighted by molar-refractivity contribution is 5.64. The number of hydrogen-bond acceptors (Lipinski definition) is 2. The molecular formula is C13H13FN2. The lowest BCUT2D eigenvalue weighted by atomic mass is 10.1. The highest BCUT2D eigenvalue weighted by Gasteiger charge is 2.04. The van der Waals surface area contributed by atoms with Crippen LogP contribution in [-0.2, 0) is 0 Å². The third kappa shape index (κ3) is 2.03. The molecule has 0 spiro atoms. The quantitative estimate of drug-likeness (QED) is 0.833. The van der Waals surface area contributed by atoms with Gasteiger partial charge in [0.15, 0.2) is 0 Å². The van der Waals surface area contributed by atoms with Crippen molar-refractivity contribution in [1.29, 1.82) is 0 Å². The van der Waals surface area contributed by atoms with Crippen LogP contribution in [0.25, 0.3) is 11.3 Å². The van der Waals surface area contributed by atoms with E-state index in [4.69, 9.17) is 0 Å². The van der Waals surface area contributed by atoms with Crippen molar-refractivity contribution in [2.75, 3.05) is 12.4 Å². The maximum atomic E-state index is 13.1. The van der Waals surface area contributed by atoms with Crippen molar-refractivity contribution in [2.24, 2.45) is 0 Å². The lowest BCUT2D eigenvalue weighted by Gasteiger charge is -2.06. The molecule has 16 heavy (non-hydrogen) atoms. The highest BCUT2D eigenvalue weighted by atomic mass is 19.1. The van der Waals surface area contributed by atoms with E-state index in [1.807, 2.05) is 26.1 Å². The molecule has 0 aliphatic rings. The summed E-state index contributed by atoms with van der Waals surface area (Å²) in [6.45, 7) is 1.95. The lowest BCUT2D eigenvalue weighted by Crippen LogP contribution is -1.92. The zero-order chi connectivity index (χ0) is 11.5. The molecule has 2 aromatic rings. The molecule has 0 unspecified atom stereocenters. The topological polar surface area (TPSA) is 24.9 Å². The second kappa shape index (κ2) is 4.31. The number of halogens is 1. The normalized spacial score (nSPS) is 10.2. The summed E-state index contributed by atoms with van der Waals surface area (Å²) in [5, 5.41) is 3.00. The van der Waals surface area contributed by atoms with E-state index in [0.717, 1.165) is 22.5 Å². The van der Waals surface area contributed by atoms with Crippen molar-refractivity contribution in [3.8, 4) is 11.3 Å². The van der Waals surface area contributed by atoms with Crippen LogP contribution in [0, 0.1) is 12.7 Å². The Hall–Kier alpha value is -1.90. The first kappa shape index (κ1) is 10.6. The summed E-state index contributed by atoms with van der Waals surface area (Å²) in [5.74, 6) is -0.236. The Labute approximate surface area is 94.2 Å². The molecule has 0 aliphatic carbocycles. The molecule has 0 fully saturated rings. The van der Waals surface area contributed by atoms with Crippen LogP contribution in [-0.4, -0.2) is 12.0 Å². The molecule has 1 aromatic carbocycles. The van der Waals surface area contributed by atoms with Gasteiger partial charge in [0, 0.05) is 12.6 Å². The Balaban J connectivity index is 2.45. The van der Waals surface area contributed by atoms with Gasteiger partial charge in [0.25, 0.3) is 0 Å². The molecule has 0 aliphatic heterocycles. The summed E-state index contributed by atoms with van der Waals surface area (Å²) in [7, 11) is 1.84. The molecule has 0 bridgehead atoms. The molecule has 2 nitrogen and oxygen atoms in total. The van der Waals surface area contributed by atoms with Gasteiger partial charge < -0.3 is 5.32 Å². The van der Waals surface area contributed by atoms with Gasteiger partial charge in [-0.3, -0.25) is 4.98 Å². The molecule has 82 valence electrons. The van der Waals surface area contributed by atoms with Crippen molar-refractivity contribution in [1.82, 2.24) is 4.98 Å². The van der Waals surface area contributed by atoms with Gasteiger partial charge in [-0.25, -0.2) is 4.39 Å². The van der Waals surface area contributed by atoms with Crippen molar-refractivity contribution in [2.45, 2.75) is 6.92 Å². The van der Waals surface area contributed by atoms with Crippen molar-refractivity contribution in [3.63, 3.8) is 0 Å². The van der Waals surface area contributed by atoms with Gasteiger partial charge in [-0.1, -0.05) is 6.07 Å². The first-order chi connectivity index (χ1) is 7.70. The van der Waals surface area contributed by atoms with Crippen LogP contribution in [0.5, 0.6) is 0 Å². The summed E-state index contributed by atoms with van der Waals surface area (Å²) in [5.41, 5.74) is 3.59. The molecule has 0 amide bonds. The number of rotatable bonds is 2. The molecule has 0 atom stereocenters. The Morgan fingerprint density at radius 3 is 2.62 bits per heavy atom. The van der Waals surface area contributed by atoms with Crippen LogP contribution in [0.2, 0.25) is 0 Å². The molecule has 1 heterocycles. The summed E-state index contributed by atoms with van der Waals surface area (Å²) in [6.07, 6.45) is 1.74. The van der Waals surface area contributed by atoms with E-state index in [-0.39, 0.29) is 5.82 Å². The monoisotopic (exact) mass is 216 g/mol. The molecule has 2 rings (SSSR count). The molecule has 1 N–H and O–H groups in total. The van der Waals surface area contributed by atoms with Crippen LogP contribution >= 0.6 is 0 Å². The van der Waals surface area contributed by atoms with E-state index in [1.54, 1.807) is 12.3 Å². The van der Waals surface area contributed by atoms with Crippen molar-refractivity contribution < 1.29 is 4.39 Å². The maximum absolute atomic E-state index is 13.1. The maximum Gasteiger partial charge on any atom is 0.123 e. The molecule has 1 aromatic heterocycles. The first-order valence-electron chi connectivity index (χ1n) is 5.11. The Bertz CT molecular complexity index is 492. The minimum absolute atomic E-state index is 0.236. The number of nitrogens with one attached hydrogen (secondary N) is 1. The first-order valence-corrected chi connectivity index (χ1v) is 5.11. The average molecular weight is 216 g/mol. The number of hydrogen-bond donors (Lipinski definition) is 1. The van der Waals surface area contributed by atoms with E-state index in [9.17, 15) is 4.39 Å². The summed E-state index contributed by atoms with van der Waals surface area (Å²) >= 11 is 0. The van der Waals surface area contributed by atoms with Gasteiger partial charge in [-0.05, 0) is 36.8 Å². The SMILES string of the molecule is CNc1ccc(-c2cc(F)ccc2C)nc1. The van der Waals surface area contributed by atoms with E-state index in [1.165, 1.54) is 12.1 Å². The minimum atomic E-state index is -0.236. The number of anilines is 1. The molecule has 0 saturated carbocycles. The Morgan fingerprint density at radius 1 is 1.19 bits per heavy atom. The number of pyridine rings is 1. The van der Waals surface area contributed by atoms with E-state index >= 15 is 0 Å². The molecular weight excluding hydrogens is 203 g/mol. The smallest absolute Gasteiger partial charge is 0.123 e. The Kier molecular flexibility index (Phi) is 2.86. The number of aromatic nitrogens is 1. The van der Waals surface area contributed by atoms with E-state index < -0.39 is 0 Å². The fourth-order valence-corrected chi connectivity index (χ4v) is 1.57. The van der Waals surface area contributed by atoms with Crippen LogP contribution < -0.4 is 5.32 Å². The molecule has 0 saturated heterocycles. The van der Waals surface area contributed by atoms with Gasteiger partial charge in [0.05, 0.1) is 17.6 Å². The summed E-state index contributed by atoms with van der Waals surface area (Å²) in [6, 6.07) is 8.54. The standard InChI is InChI=1S/C13H13FN2/c1-9-3-4-10(14)7-12(9)13-6-5-11(15-2)8-16-13/h3-8,15H,1-2H3. The fraction of sp³-hybridized carbons (Fsp3) is 0.154. The second-order valence-corrected chi connectivity index (χ2v) is 3.64. The third-order valence-corrected chi connectivity index (χ3v) is 2.53. The number of nitrogens with zero attached hydrogens (tertiary/aromatic N) is 1. The van der Waals surface area contributed by atoms with Gasteiger partial charge in [-0.15, -0.1) is 0 Å². The van der Waals surface area contributed by atoms with Crippen LogP contribution in [0.15, 0.2) is 36.5 Å². The van der Waals surface area contributed by atoms with Crippen molar-refractivity contribution >= 4 is 5.69 Å². The van der Waals surface area contributed by atoms with E-state index in [2.05, 4.69) is 10.3 Å². The average Bonchev–Trinajstić information content (AvgIpc) is 2.32. The predicted molar refractivity (Wildman–Crippen MR) is 63.9 cm³/mol. The van der Waals surface area contributed by atoms with Gasteiger partial charge in [0.2, 0.25) is 0 Å². The Morgan fingerprint density at radius 2 is 2.00 bits per heavy atom. The predicted octanol–water partition coefficient (Wildman–Crippen LogP) is 3.24. The van der Waals surface area contributed by atoms with Crippen LogP contribution in [0.4, 0.5) is 10.1 Å². The van der Waals surface area contributed by atoms with Crippen LogP contribution in [0.3, 0.4) is 0 Å². The second-order valence-electron chi connectivity index (χ2n) is 3.64. The third-order valence-electron chi connectivity index (χ3n) is 2.53. The van der Waals surface area contributed by atoms with Gasteiger partial charge >= 0.3 is 0 Å². The molecule has 0 radical (unpaired) electrons. The zero-order valence-corrected chi connectivity index (χ0v) is 9.29. The summed E-state index contributed by atoms with van der Waals surface area (Å²) in [4.78, 5) is 4.29. The minimum Gasteiger partial charge on any atom is -0.387 e. The van der Waals surface area contributed by atoms with E-state index in [0.29, 0.717) is 0 Å². The summed E-state index contributed by atoms with van der Waals surface area (Å²) < 4.78 is 13.1.